The van der Waals surface area contributed by atoms with Crippen LogP contribution in [0.3, 0.4) is 0 Å². The lowest BCUT2D eigenvalue weighted by Crippen LogP contribution is -2.47. The summed E-state index contributed by atoms with van der Waals surface area (Å²) < 4.78 is 25.0. The van der Waals surface area contributed by atoms with Gasteiger partial charge in [-0.1, -0.05) is 12.1 Å². The lowest BCUT2D eigenvalue weighted by Gasteiger charge is -2.37. The third-order valence-corrected chi connectivity index (χ3v) is 5.39. The van der Waals surface area contributed by atoms with E-state index in [1.165, 1.54) is 24.3 Å². The molecule has 2 aliphatic rings. The highest BCUT2D eigenvalue weighted by molar-refractivity contribution is 6.45. The monoisotopic (exact) mass is 438 g/mol. The molecule has 2 amide bonds. The van der Waals surface area contributed by atoms with E-state index in [9.17, 15) is 14.0 Å². The van der Waals surface area contributed by atoms with Crippen LogP contribution in [0.25, 0.3) is 5.57 Å². The molecule has 2 aromatic rings. The fourth-order valence-electron chi connectivity index (χ4n) is 4.23. The Morgan fingerprint density at radius 1 is 0.938 bits per heavy atom. The van der Waals surface area contributed by atoms with Gasteiger partial charge in [-0.25, -0.2) is 9.29 Å². The number of carbonyl (C=O) groups is 2. The van der Waals surface area contributed by atoms with Crippen molar-refractivity contribution in [2.45, 2.75) is 46.0 Å². The van der Waals surface area contributed by atoms with Crippen LogP contribution in [0.15, 0.2) is 54.2 Å². The lowest BCUT2D eigenvalue weighted by molar-refractivity contribution is -0.121. The number of ether oxygens (including phenoxy) is 2. The second-order valence-electron chi connectivity index (χ2n) is 8.50. The Balaban J connectivity index is 1.78. The normalized spacial score (nSPS) is 21.7. The average Bonchev–Trinajstić information content (AvgIpc) is 2.98. The number of imide groups is 1. The number of anilines is 1. The minimum absolute atomic E-state index is 0.0237. The number of rotatable bonds is 5. The molecule has 4 rings (SSSR count). The molecule has 0 N–H and O–H groups in total. The second-order valence-corrected chi connectivity index (χ2v) is 8.50. The van der Waals surface area contributed by atoms with E-state index >= 15 is 0 Å². The predicted octanol–water partition coefficient (Wildman–Crippen LogP) is 4.01. The zero-order valence-corrected chi connectivity index (χ0v) is 18.7. The molecule has 2 atom stereocenters. The first kappa shape index (κ1) is 22.0. The molecule has 2 aromatic carbocycles. The average molecular weight is 438 g/mol. The van der Waals surface area contributed by atoms with E-state index in [4.69, 9.17) is 9.47 Å². The topological polar surface area (TPSA) is 59.1 Å². The molecular weight excluding hydrogens is 411 g/mol. The molecule has 1 fully saturated rings. The second kappa shape index (κ2) is 8.74. The fraction of sp³-hybridized carbons (Fsp3) is 0.360. The zero-order valence-electron chi connectivity index (χ0n) is 18.7. The van der Waals surface area contributed by atoms with Crippen LogP contribution in [-0.2, 0) is 14.3 Å². The molecule has 0 spiro atoms. The van der Waals surface area contributed by atoms with Crippen LogP contribution in [0.1, 0.15) is 33.3 Å². The third kappa shape index (κ3) is 4.25. The van der Waals surface area contributed by atoms with Crippen molar-refractivity contribution < 1.29 is 23.5 Å². The quantitative estimate of drug-likeness (QED) is 0.661. The number of halogens is 1. The Bertz CT molecular complexity index is 1040. The molecule has 1 saturated heterocycles. The number of amides is 2. The molecule has 168 valence electrons. The molecule has 6 nitrogen and oxygen atoms in total. The lowest BCUT2D eigenvalue weighted by atomic mass is 10.0. The highest BCUT2D eigenvalue weighted by atomic mass is 19.1. The number of nitrogens with zero attached hydrogens (tertiary/aromatic N) is 2. The van der Waals surface area contributed by atoms with Gasteiger partial charge in [0, 0.05) is 13.1 Å². The molecule has 0 bridgehead atoms. The summed E-state index contributed by atoms with van der Waals surface area (Å²) >= 11 is 0. The Morgan fingerprint density at radius 2 is 1.53 bits per heavy atom. The van der Waals surface area contributed by atoms with Crippen LogP contribution in [0, 0.1) is 5.82 Å². The molecular formula is C25H27FN2O4. The maximum atomic E-state index is 13.6. The maximum absolute atomic E-state index is 13.6. The maximum Gasteiger partial charge on any atom is 0.282 e. The Kier molecular flexibility index (Phi) is 6.02. The summed E-state index contributed by atoms with van der Waals surface area (Å²) in [4.78, 5) is 30.1. The van der Waals surface area contributed by atoms with Gasteiger partial charge in [0.15, 0.2) is 0 Å². The summed E-state index contributed by atoms with van der Waals surface area (Å²) in [5.41, 5.74) is 1.64. The van der Waals surface area contributed by atoms with Crippen molar-refractivity contribution in [1.82, 2.24) is 4.90 Å². The van der Waals surface area contributed by atoms with Crippen molar-refractivity contribution in [2.75, 3.05) is 18.0 Å². The van der Waals surface area contributed by atoms with Crippen LogP contribution >= 0.6 is 0 Å². The number of morpholine rings is 1. The van der Waals surface area contributed by atoms with Gasteiger partial charge in [-0.3, -0.25) is 9.59 Å². The number of hydrogen-bond acceptors (Lipinski definition) is 5. The molecule has 0 aromatic heterocycles. The van der Waals surface area contributed by atoms with Gasteiger partial charge in [0.25, 0.3) is 11.8 Å². The first-order chi connectivity index (χ1) is 15.2. The number of carbonyl (C=O) groups excluding carboxylic acids is 2. The zero-order chi connectivity index (χ0) is 23.0. The van der Waals surface area contributed by atoms with Gasteiger partial charge in [-0.15, -0.1) is 0 Å². The first-order valence-corrected chi connectivity index (χ1v) is 10.8. The third-order valence-electron chi connectivity index (χ3n) is 5.39. The van der Waals surface area contributed by atoms with Gasteiger partial charge in [0.05, 0.1) is 29.6 Å². The van der Waals surface area contributed by atoms with Gasteiger partial charge in [0.2, 0.25) is 0 Å². The van der Waals surface area contributed by atoms with Crippen molar-refractivity contribution in [1.29, 1.82) is 0 Å². The SMILES string of the molecule is CC(C)Oc1ccc(C2=C(N3CC(C)OC(C)C3)C(=O)N(c3ccc(F)cc3)C2=O)cc1. The summed E-state index contributed by atoms with van der Waals surface area (Å²) in [6.45, 7) is 8.76. The van der Waals surface area contributed by atoms with Gasteiger partial charge >= 0.3 is 0 Å². The van der Waals surface area contributed by atoms with Crippen LogP contribution < -0.4 is 9.64 Å². The number of hydrogen-bond donors (Lipinski definition) is 0. The summed E-state index contributed by atoms with van der Waals surface area (Å²) in [6.07, 6.45) is -0.148. The van der Waals surface area contributed by atoms with Gasteiger partial charge in [0.1, 0.15) is 17.3 Å². The van der Waals surface area contributed by atoms with E-state index in [-0.39, 0.29) is 18.3 Å². The molecule has 0 radical (unpaired) electrons. The molecule has 0 saturated carbocycles. The molecule has 2 heterocycles. The van der Waals surface area contributed by atoms with Crippen LogP contribution in [-0.4, -0.2) is 48.1 Å². The fourth-order valence-corrected chi connectivity index (χ4v) is 4.23. The van der Waals surface area contributed by atoms with Gasteiger partial charge < -0.3 is 14.4 Å². The summed E-state index contributed by atoms with van der Waals surface area (Å²) in [5.74, 6) is -0.592. The van der Waals surface area contributed by atoms with E-state index < -0.39 is 17.6 Å². The van der Waals surface area contributed by atoms with E-state index in [0.717, 1.165) is 4.90 Å². The summed E-state index contributed by atoms with van der Waals surface area (Å²) in [7, 11) is 0. The Hall–Kier alpha value is -3.19. The standard InChI is InChI=1S/C25H27FN2O4/c1-15(2)31-21-11-5-18(6-12-21)22-23(27-13-16(3)32-17(4)14-27)25(30)28(24(22)29)20-9-7-19(26)8-10-20/h5-12,15-17H,13-14H2,1-4H3. The van der Waals surface area contributed by atoms with E-state index in [1.54, 1.807) is 24.3 Å². The highest BCUT2D eigenvalue weighted by Crippen LogP contribution is 2.36. The van der Waals surface area contributed by atoms with Gasteiger partial charge in [-0.2, -0.15) is 0 Å². The van der Waals surface area contributed by atoms with Crippen molar-refractivity contribution in [3.8, 4) is 5.75 Å². The summed E-state index contributed by atoms with van der Waals surface area (Å²) in [5, 5.41) is 0. The van der Waals surface area contributed by atoms with Crippen molar-refractivity contribution in [3.05, 3.63) is 65.6 Å². The van der Waals surface area contributed by atoms with Crippen molar-refractivity contribution >= 4 is 23.1 Å². The molecule has 32 heavy (non-hydrogen) atoms. The molecule has 7 heteroatoms. The van der Waals surface area contributed by atoms with E-state index in [1.807, 2.05) is 32.6 Å². The largest absolute Gasteiger partial charge is 0.491 e. The summed E-state index contributed by atoms with van der Waals surface area (Å²) in [6, 6.07) is 12.5. The van der Waals surface area contributed by atoms with Gasteiger partial charge in [-0.05, 0) is 69.7 Å². The molecule has 2 unspecified atom stereocenters. The van der Waals surface area contributed by atoms with E-state index in [0.29, 0.717) is 41.4 Å². The van der Waals surface area contributed by atoms with Crippen molar-refractivity contribution in [3.63, 3.8) is 0 Å². The van der Waals surface area contributed by atoms with Crippen LogP contribution in [0.5, 0.6) is 5.75 Å². The minimum atomic E-state index is -0.433. The minimum Gasteiger partial charge on any atom is -0.491 e. The number of benzene rings is 2. The molecule has 0 aliphatic carbocycles. The Labute approximate surface area is 187 Å². The predicted molar refractivity (Wildman–Crippen MR) is 120 cm³/mol. The highest BCUT2D eigenvalue weighted by Gasteiger charge is 2.43. The smallest absolute Gasteiger partial charge is 0.282 e. The Morgan fingerprint density at radius 3 is 2.09 bits per heavy atom. The van der Waals surface area contributed by atoms with Crippen molar-refractivity contribution in [2.24, 2.45) is 0 Å². The van der Waals surface area contributed by atoms with E-state index in [2.05, 4.69) is 0 Å². The first-order valence-electron chi connectivity index (χ1n) is 10.8. The van der Waals surface area contributed by atoms with Crippen LogP contribution in [0.2, 0.25) is 0 Å². The molecule has 2 aliphatic heterocycles. The van der Waals surface area contributed by atoms with Crippen LogP contribution in [0.4, 0.5) is 10.1 Å².